The Morgan fingerprint density at radius 1 is 1.46 bits per heavy atom. The third-order valence-corrected chi connectivity index (χ3v) is 4.33. The molecule has 1 N–H and O–H groups in total. The summed E-state index contributed by atoms with van der Waals surface area (Å²) in [6.07, 6.45) is 4.68. The van der Waals surface area contributed by atoms with Crippen LogP contribution in [0.4, 0.5) is 4.39 Å². The van der Waals surface area contributed by atoms with E-state index in [4.69, 9.17) is 0 Å². The molecule has 1 aliphatic heterocycles. The van der Waals surface area contributed by atoms with Crippen molar-refractivity contribution in [1.82, 2.24) is 34.8 Å². The van der Waals surface area contributed by atoms with E-state index in [1.165, 1.54) is 6.33 Å². The third-order valence-electron chi connectivity index (χ3n) is 4.33. The summed E-state index contributed by atoms with van der Waals surface area (Å²) in [5.74, 6) is -0.0618. The van der Waals surface area contributed by atoms with Crippen molar-refractivity contribution in [3.63, 3.8) is 0 Å². The first-order valence-electron chi connectivity index (χ1n) is 8.06. The van der Waals surface area contributed by atoms with Crippen molar-refractivity contribution in [2.75, 3.05) is 13.1 Å². The Morgan fingerprint density at radius 3 is 3.04 bits per heavy atom. The lowest BCUT2D eigenvalue weighted by atomic mass is 10.2. The van der Waals surface area contributed by atoms with Crippen LogP contribution in [0.25, 0.3) is 0 Å². The molecule has 0 spiro atoms. The first kappa shape index (κ1) is 16.6. The van der Waals surface area contributed by atoms with Gasteiger partial charge >= 0.3 is 0 Å². The lowest BCUT2D eigenvalue weighted by molar-refractivity contribution is -0.121. The van der Waals surface area contributed by atoms with Crippen LogP contribution < -0.4 is 5.32 Å². The molecule has 24 heavy (non-hydrogen) atoms. The first-order chi connectivity index (χ1) is 11.6. The number of hydrogen-bond acceptors (Lipinski definition) is 5. The summed E-state index contributed by atoms with van der Waals surface area (Å²) in [6.45, 7) is 1.97. The highest BCUT2D eigenvalue weighted by Gasteiger charge is 2.32. The second-order valence-corrected chi connectivity index (χ2v) is 6.08. The first-order valence-corrected chi connectivity index (χ1v) is 8.06. The molecule has 8 nitrogen and oxygen atoms in total. The van der Waals surface area contributed by atoms with Gasteiger partial charge in [0.25, 0.3) is 0 Å². The maximum atomic E-state index is 13.8. The van der Waals surface area contributed by atoms with Gasteiger partial charge in [-0.05, 0) is 12.5 Å². The van der Waals surface area contributed by atoms with Crippen LogP contribution in [-0.2, 0) is 24.9 Å². The molecule has 0 saturated carbocycles. The molecule has 0 aromatic carbocycles. The molecule has 3 rings (SSSR count). The van der Waals surface area contributed by atoms with Gasteiger partial charge < -0.3 is 5.32 Å². The Bertz CT molecular complexity index is 657. The largest absolute Gasteiger partial charge is 0.354 e. The molecule has 1 saturated heterocycles. The normalized spacial score (nSPS) is 21.2. The van der Waals surface area contributed by atoms with Gasteiger partial charge in [-0.15, -0.1) is 0 Å². The molecule has 0 radical (unpaired) electrons. The molecule has 0 unspecified atom stereocenters. The summed E-state index contributed by atoms with van der Waals surface area (Å²) in [4.78, 5) is 17.9. The maximum Gasteiger partial charge on any atom is 0.221 e. The van der Waals surface area contributed by atoms with Crippen LogP contribution >= 0.6 is 0 Å². The van der Waals surface area contributed by atoms with Crippen molar-refractivity contribution < 1.29 is 9.18 Å². The number of halogens is 1. The molecule has 2 aromatic heterocycles. The van der Waals surface area contributed by atoms with Crippen molar-refractivity contribution in [2.45, 2.75) is 38.1 Å². The molecule has 0 bridgehead atoms. The average Bonchev–Trinajstić information content (AvgIpc) is 3.27. The average molecular weight is 335 g/mol. The molecule has 3 heterocycles. The van der Waals surface area contributed by atoms with E-state index in [1.807, 2.05) is 13.1 Å². The number of carbonyl (C=O) groups excluding carboxylic acids is 1. The Balaban J connectivity index is 1.47. The fourth-order valence-corrected chi connectivity index (χ4v) is 2.98. The molecule has 2 atom stereocenters. The molecular formula is C15H22FN7O. The molecule has 1 fully saturated rings. The summed E-state index contributed by atoms with van der Waals surface area (Å²) in [7, 11) is 1.87. The summed E-state index contributed by atoms with van der Waals surface area (Å²) in [5, 5.41) is 11.0. The molecule has 1 amide bonds. The molecule has 2 aromatic rings. The van der Waals surface area contributed by atoms with Crippen molar-refractivity contribution in [1.29, 1.82) is 0 Å². The minimum absolute atomic E-state index is 0.00483. The SMILES string of the molecule is Cn1nccc1CN1C[C@@H](F)C[C@H]1CNC(=O)CCn1cncn1. The third kappa shape index (κ3) is 4.16. The van der Waals surface area contributed by atoms with Crippen LogP contribution in [0.3, 0.4) is 0 Å². The second kappa shape index (κ2) is 7.52. The summed E-state index contributed by atoms with van der Waals surface area (Å²) in [5.41, 5.74) is 1.03. The van der Waals surface area contributed by atoms with Gasteiger partial charge in [0.1, 0.15) is 18.8 Å². The van der Waals surface area contributed by atoms with Gasteiger partial charge in [0.05, 0.1) is 12.2 Å². The molecule has 9 heteroatoms. The highest BCUT2D eigenvalue weighted by molar-refractivity contribution is 5.75. The zero-order valence-electron chi connectivity index (χ0n) is 13.7. The van der Waals surface area contributed by atoms with Crippen LogP contribution in [0.1, 0.15) is 18.5 Å². The highest BCUT2D eigenvalue weighted by Crippen LogP contribution is 2.22. The Morgan fingerprint density at radius 2 is 2.33 bits per heavy atom. The summed E-state index contributed by atoms with van der Waals surface area (Å²) < 4.78 is 17.2. The number of hydrogen-bond donors (Lipinski definition) is 1. The number of nitrogens with zero attached hydrogens (tertiary/aromatic N) is 6. The number of likely N-dealkylation sites (tertiary alicyclic amines) is 1. The van der Waals surface area contributed by atoms with E-state index in [-0.39, 0.29) is 11.9 Å². The van der Waals surface area contributed by atoms with Crippen molar-refractivity contribution in [2.24, 2.45) is 7.05 Å². The number of aromatic nitrogens is 5. The molecular weight excluding hydrogens is 313 g/mol. The Kier molecular flexibility index (Phi) is 5.19. The fraction of sp³-hybridized carbons (Fsp3) is 0.600. The van der Waals surface area contributed by atoms with Gasteiger partial charge in [-0.1, -0.05) is 0 Å². The lowest BCUT2D eigenvalue weighted by Gasteiger charge is -2.24. The number of amides is 1. The minimum atomic E-state index is -0.852. The Labute approximate surface area is 139 Å². The fourth-order valence-electron chi connectivity index (χ4n) is 2.98. The van der Waals surface area contributed by atoms with Gasteiger partial charge in [-0.2, -0.15) is 10.2 Å². The van der Waals surface area contributed by atoms with Gasteiger partial charge in [0.15, 0.2) is 0 Å². The topological polar surface area (TPSA) is 80.9 Å². The highest BCUT2D eigenvalue weighted by atomic mass is 19.1. The van der Waals surface area contributed by atoms with Crippen LogP contribution in [0.5, 0.6) is 0 Å². The predicted octanol–water partition coefficient (Wildman–Crippen LogP) is 0.131. The van der Waals surface area contributed by atoms with Crippen molar-refractivity contribution >= 4 is 5.91 Å². The maximum absolute atomic E-state index is 13.8. The number of rotatable bonds is 7. The van der Waals surface area contributed by atoms with E-state index in [1.54, 1.807) is 21.9 Å². The van der Waals surface area contributed by atoms with E-state index in [2.05, 4.69) is 25.4 Å². The number of alkyl halides is 1. The van der Waals surface area contributed by atoms with E-state index in [0.29, 0.717) is 39.0 Å². The van der Waals surface area contributed by atoms with Gasteiger partial charge in [0, 0.05) is 45.3 Å². The van der Waals surface area contributed by atoms with Gasteiger partial charge in [0.2, 0.25) is 5.91 Å². The summed E-state index contributed by atoms with van der Waals surface area (Å²) >= 11 is 0. The van der Waals surface area contributed by atoms with Crippen LogP contribution in [0, 0.1) is 0 Å². The minimum Gasteiger partial charge on any atom is -0.354 e. The van der Waals surface area contributed by atoms with Crippen LogP contribution in [0.2, 0.25) is 0 Å². The zero-order valence-corrected chi connectivity index (χ0v) is 13.7. The molecule has 1 aliphatic rings. The van der Waals surface area contributed by atoms with Crippen molar-refractivity contribution in [3.8, 4) is 0 Å². The quantitative estimate of drug-likeness (QED) is 0.778. The van der Waals surface area contributed by atoms with E-state index in [0.717, 1.165) is 5.69 Å². The van der Waals surface area contributed by atoms with Crippen LogP contribution in [0.15, 0.2) is 24.9 Å². The molecule has 0 aliphatic carbocycles. The predicted molar refractivity (Wildman–Crippen MR) is 84.6 cm³/mol. The van der Waals surface area contributed by atoms with E-state index in [9.17, 15) is 9.18 Å². The zero-order chi connectivity index (χ0) is 16.9. The van der Waals surface area contributed by atoms with E-state index < -0.39 is 6.17 Å². The molecule has 130 valence electrons. The van der Waals surface area contributed by atoms with Gasteiger partial charge in [-0.25, -0.2) is 9.37 Å². The summed E-state index contributed by atoms with van der Waals surface area (Å²) in [6, 6.07) is 1.93. The number of carbonyl (C=O) groups is 1. The monoisotopic (exact) mass is 335 g/mol. The number of nitrogens with one attached hydrogen (secondary N) is 1. The van der Waals surface area contributed by atoms with Crippen LogP contribution in [-0.4, -0.2) is 60.7 Å². The van der Waals surface area contributed by atoms with E-state index >= 15 is 0 Å². The van der Waals surface area contributed by atoms with Gasteiger partial charge in [-0.3, -0.25) is 19.1 Å². The Hall–Kier alpha value is -2.29. The number of aryl methyl sites for hydroxylation is 2. The lowest BCUT2D eigenvalue weighted by Crippen LogP contribution is -2.40. The smallest absolute Gasteiger partial charge is 0.221 e. The standard InChI is InChI=1S/C15H22FN7O/c1-21-13(2-4-19-21)9-22-8-12(16)6-14(22)7-18-15(24)3-5-23-11-17-10-20-23/h2,4,10-12,14H,3,5-9H2,1H3,(H,18,24)/t12-,14-/m0/s1. The van der Waals surface area contributed by atoms with Crippen molar-refractivity contribution in [3.05, 3.63) is 30.6 Å². The second-order valence-electron chi connectivity index (χ2n) is 6.08.